The summed E-state index contributed by atoms with van der Waals surface area (Å²) in [5.74, 6) is 0. The average molecular weight is 879 g/mol. The van der Waals surface area contributed by atoms with Gasteiger partial charge < -0.3 is 9.13 Å². The van der Waals surface area contributed by atoms with Gasteiger partial charge in [-0.1, -0.05) is 97.1 Å². The van der Waals surface area contributed by atoms with Crippen molar-refractivity contribution in [2.75, 3.05) is 0 Å². The number of hydrogen-bond donors (Lipinski definition) is 0. The molecule has 0 N–H and O–H groups in total. The van der Waals surface area contributed by atoms with Crippen molar-refractivity contribution in [1.82, 2.24) is 29.1 Å². The molecule has 0 aliphatic heterocycles. The second-order valence-electron chi connectivity index (χ2n) is 16.6. The van der Waals surface area contributed by atoms with Crippen LogP contribution in [0.3, 0.4) is 0 Å². The van der Waals surface area contributed by atoms with E-state index in [-0.39, 0.29) is 0 Å². The lowest BCUT2D eigenvalue weighted by molar-refractivity contribution is 1.18. The summed E-state index contributed by atoms with van der Waals surface area (Å²) in [6.07, 6.45) is 3.65. The molecular weight excluding hydrogens is 845 g/mol. The van der Waals surface area contributed by atoms with Crippen molar-refractivity contribution in [2.45, 2.75) is 0 Å². The van der Waals surface area contributed by atoms with Gasteiger partial charge in [-0.05, 0) is 108 Å². The number of hydrogen-bond acceptors (Lipinski definition) is 6. The van der Waals surface area contributed by atoms with E-state index in [0.29, 0.717) is 0 Å². The fourth-order valence-electron chi connectivity index (χ4n) is 9.92. The van der Waals surface area contributed by atoms with Crippen LogP contribution in [-0.4, -0.2) is 29.1 Å². The standard InChI is InChI=1S/C58H34N6S2/c1-5-17-45-39(11-1)40-12-2-6-18-46(40)63(45)37-25-21-35(22-26-37)49-29-31-51(65-49)57-58(62-56-44-16-10-34-60-54(44)53-43(55(56)61-57)15-9-33-59-53)52-32-30-50(66-52)36-23-27-38(28-24-36)64-47-19-7-3-13-41(47)42-14-4-8-20-48(42)64/h1-34H. The highest BCUT2D eigenvalue weighted by atomic mass is 32.1. The lowest BCUT2D eigenvalue weighted by atomic mass is 10.1. The van der Waals surface area contributed by atoms with Crippen molar-refractivity contribution in [2.24, 2.45) is 0 Å². The summed E-state index contributed by atoms with van der Waals surface area (Å²) in [4.78, 5) is 25.2. The second-order valence-corrected chi connectivity index (χ2v) is 18.7. The lowest BCUT2D eigenvalue weighted by Crippen LogP contribution is -1.97. The number of rotatable bonds is 6. The average Bonchev–Trinajstić information content (AvgIpc) is 4.21. The van der Waals surface area contributed by atoms with Gasteiger partial charge in [-0.3, -0.25) is 9.97 Å². The zero-order valence-electron chi connectivity index (χ0n) is 35.1. The first kappa shape index (κ1) is 37.1. The summed E-state index contributed by atoms with van der Waals surface area (Å²) in [5, 5.41) is 6.90. The fraction of sp³-hybridized carbons (Fsp3) is 0. The SMILES string of the molecule is c1cnc2c(c1)c1nc(-c3ccc(-c4ccc(-n5c6ccccc6c6ccccc65)cc4)s3)c(-c3ccc(-c4ccc(-n5c6ccccc6c6ccccc65)cc4)s3)nc1c1cccnc12. The molecule has 0 unspecified atom stereocenters. The molecule has 0 bridgehead atoms. The van der Waals surface area contributed by atoms with E-state index in [1.165, 1.54) is 43.6 Å². The highest BCUT2D eigenvalue weighted by Crippen LogP contribution is 2.44. The Bertz CT molecular complexity index is 3850. The van der Waals surface area contributed by atoms with E-state index in [9.17, 15) is 0 Å². The van der Waals surface area contributed by atoms with E-state index in [1.807, 2.05) is 24.5 Å². The first-order chi connectivity index (χ1) is 32.7. The van der Waals surface area contributed by atoms with Crippen molar-refractivity contribution >= 4 is 99.1 Å². The largest absolute Gasteiger partial charge is 0.309 e. The van der Waals surface area contributed by atoms with Crippen molar-refractivity contribution in [3.05, 3.63) is 207 Å². The molecule has 0 radical (unpaired) electrons. The Balaban J connectivity index is 0.883. The molecular formula is C58H34N6S2. The third-order valence-corrected chi connectivity index (χ3v) is 15.2. The monoisotopic (exact) mass is 878 g/mol. The summed E-state index contributed by atoms with van der Waals surface area (Å²) in [7, 11) is 0. The van der Waals surface area contributed by atoms with Crippen LogP contribution >= 0.6 is 22.7 Å². The van der Waals surface area contributed by atoms with Crippen LogP contribution in [0.1, 0.15) is 0 Å². The summed E-state index contributed by atoms with van der Waals surface area (Å²) in [5.41, 5.74) is 14.4. The molecule has 7 heterocycles. The zero-order valence-corrected chi connectivity index (χ0v) is 36.8. The van der Waals surface area contributed by atoms with E-state index in [2.05, 4.69) is 191 Å². The zero-order chi connectivity index (χ0) is 43.3. The van der Waals surface area contributed by atoms with E-state index in [1.54, 1.807) is 22.7 Å². The molecule has 8 heteroatoms. The maximum absolute atomic E-state index is 5.57. The van der Waals surface area contributed by atoms with Crippen LogP contribution in [0, 0.1) is 0 Å². The molecule has 0 fully saturated rings. The highest BCUT2D eigenvalue weighted by Gasteiger charge is 2.22. The van der Waals surface area contributed by atoms with Gasteiger partial charge >= 0.3 is 0 Å². The maximum atomic E-state index is 5.57. The Morgan fingerprint density at radius 1 is 0.288 bits per heavy atom. The number of pyridine rings is 2. The van der Waals surface area contributed by atoms with Crippen LogP contribution in [0.4, 0.5) is 0 Å². The van der Waals surface area contributed by atoms with Gasteiger partial charge in [0.15, 0.2) is 0 Å². The van der Waals surface area contributed by atoms with E-state index >= 15 is 0 Å². The number of benzene rings is 7. The molecule has 0 amide bonds. The van der Waals surface area contributed by atoms with Gasteiger partial charge in [-0.25, -0.2) is 9.97 Å². The first-order valence-electron chi connectivity index (χ1n) is 22.0. The highest BCUT2D eigenvalue weighted by molar-refractivity contribution is 7.19. The Hall–Kier alpha value is -8.30. The Kier molecular flexibility index (Phi) is 8.22. The second kappa shape index (κ2) is 14.6. The third kappa shape index (κ3) is 5.65. The van der Waals surface area contributed by atoms with Crippen LogP contribution < -0.4 is 0 Å². The number of thiophene rings is 2. The number of nitrogens with zero attached hydrogens (tertiary/aromatic N) is 6. The summed E-state index contributed by atoms with van der Waals surface area (Å²) >= 11 is 3.49. The number of fused-ring (bicyclic) bond motifs is 12. The van der Waals surface area contributed by atoms with Crippen LogP contribution in [-0.2, 0) is 0 Å². The quantitative estimate of drug-likeness (QED) is 0.156. The lowest BCUT2D eigenvalue weighted by Gasteiger charge is -2.12. The molecule has 0 atom stereocenters. The minimum Gasteiger partial charge on any atom is -0.309 e. The van der Waals surface area contributed by atoms with Crippen LogP contribution in [0.5, 0.6) is 0 Å². The van der Waals surface area contributed by atoms with E-state index in [4.69, 9.17) is 19.9 Å². The Labute approximate surface area is 386 Å². The van der Waals surface area contributed by atoms with Gasteiger partial charge in [0.2, 0.25) is 0 Å². The van der Waals surface area contributed by atoms with Gasteiger partial charge in [-0.15, -0.1) is 22.7 Å². The molecule has 14 aromatic rings. The van der Waals surface area contributed by atoms with Crippen molar-refractivity contribution < 1.29 is 0 Å². The summed E-state index contributed by atoms with van der Waals surface area (Å²) < 4.78 is 4.72. The number of aromatic nitrogens is 6. The van der Waals surface area contributed by atoms with Gasteiger partial charge in [0.25, 0.3) is 0 Å². The fourth-order valence-corrected chi connectivity index (χ4v) is 11.9. The van der Waals surface area contributed by atoms with Crippen LogP contribution in [0.15, 0.2) is 207 Å². The molecule has 0 aliphatic carbocycles. The summed E-state index contributed by atoms with van der Waals surface area (Å²) in [6.45, 7) is 0. The van der Waals surface area contributed by atoms with E-state index < -0.39 is 0 Å². The van der Waals surface area contributed by atoms with Crippen molar-refractivity contribution in [3.63, 3.8) is 0 Å². The number of para-hydroxylation sites is 4. The Morgan fingerprint density at radius 3 is 1.00 bits per heavy atom. The molecule has 7 aromatic heterocycles. The van der Waals surface area contributed by atoms with Crippen LogP contribution in [0.25, 0.3) is 130 Å². The smallest absolute Gasteiger partial charge is 0.108 e. The molecule has 6 nitrogen and oxygen atoms in total. The summed E-state index contributed by atoms with van der Waals surface area (Å²) in [6, 6.07) is 69.4. The van der Waals surface area contributed by atoms with E-state index in [0.717, 1.165) is 86.2 Å². The Morgan fingerprint density at radius 2 is 0.621 bits per heavy atom. The molecule has 308 valence electrons. The van der Waals surface area contributed by atoms with Crippen molar-refractivity contribution in [3.8, 4) is 53.4 Å². The molecule has 14 rings (SSSR count). The predicted molar refractivity (Wildman–Crippen MR) is 276 cm³/mol. The van der Waals surface area contributed by atoms with Crippen LogP contribution in [0.2, 0.25) is 0 Å². The van der Waals surface area contributed by atoms with Gasteiger partial charge in [-0.2, -0.15) is 0 Å². The molecule has 7 aromatic carbocycles. The van der Waals surface area contributed by atoms with Gasteiger partial charge in [0.1, 0.15) is 11.4 Å². The molecule has 0 saturated carbocycles. The molecule has 0 aliphatic rings. The topological polar surface area (TPSA) is 61.4 Å². The molecule has 0 spiro atoms. The molecule has 0 saturated heterocycles. The van der Waals surface area contributed by atoms with Gasteiger partial charge in [0.05, 0.1) is 53.9 Å². The normalized spacial score (nSPS) is 11.9. The van der Waals surface area contributed by atoms with Crippen molar-refractivity contribution in [1.29, 1.82) is 0 Å². The molecule has 66 heavy (non-hydrogen) atoms. The minimum absolute atomic E-state index is 0.820. The first-order valence-corrected chi connectivity index (χ1v) is 23.6. The maximum Gasteiger partial charge on any atom is 0.108 e. The minimum atomic E-state index is 0.820. The van der Waals surface area contributed by atoms with Gasteiger partial charge in [0, 0.05) is 65.8 Å². The predicted octanol–water partition coefficient (Wildman–Crippen LogP) is 15.7. The third-order valence-electron chi connectivity index (χ3n) is 12.9.